The van der Waals surface area contributed by atoms with Crippen molar-refractivity contribution in [3.05, 3.63) is 155 Å². The number of aromatic nitrogens is 3. The van der Waals surface area contributed by atoms with Gasteiger partial charge in [0.15, 0.2) is 0 Å². The lowest BCUT2D eigenvalue weighted by Gasteiger charge is -2.07. The summed E-state index contributed by atoms with van der Waals surface area (Å²) in [5.41, 5.74) is 12.7. The molecule has 218 valence electrons. The van der Waals surface area contributed by atoms with Crippen LogP contribution < -0.4 is 0 Å². The molecule has 8 rings (SSSR count). The van der Waals surface area contributed by atoms with Crippen molar-refractivity contribution in [2.75, 3.05) is 0 Å². The van der Waals surface area contributed by atoms with Crippen LogP contribution in [0.1, 0.15) is 27.8 Å². The first-order chi connectivity index (χ1) is 21.3. The summed E-state index contributed by atoms with van der Waals surface area (Å²) in [7, 11) is 2.12. The average molecular weight is 574 g/mol. The summed E-state index contributed by atoms with van der Waals surface area (Å²) in [6.45, 7) is 10.5. The van der Waals surface area contributed by atoms with Gasteiger partial charge >= 0.3 is 0 Å². The summed E-state index contributed by atoms with van der Waals surface area (Å²) in [5, 5.41) is 5.36. The molecule has 0 saturated carbocycles. The Bertz CT molecular complexity index is 2160. The molecule has 0 radical (unpaired) electrons. The third-order valence-corrected chi connectivity index (χ3v) is 8.17. The highest BCUT2D eigenvalue weighted by atomic mass is 15.0. The predicted molar refractivity (Wildman–Crippen MR) is 189 cm³/mol. The van der Waals surface area contributed by atoms with Crippen LogP contribution in [0.3, 0.4) is 0 Å². The van der Waals surface area contributed by atoms with Gasteiger partial charge in [0.1, 0.15) is 0 Å². The fourth-order valence-electron chi connectivity index (χ4n) is 6.09. The van der Waals surface area contributed by atoms with E-state index in [9.17, 15) is 0 Å². The van der Waals surface area contributed by atoms with E-state index < -0.39 is 0 Å². The van der Waals surface area contributed by atoms with E-state index in [1.54, 1.807) is 0 Å². The van der Waals surface area contributed by atoms with Crippen LogP contribution in [0, 0.1) is 34.6 Å². The minimum atomic E-state index is 1.21. The first-order valence-electron chi connectivity index (χ1n) is 15.2. The van der Waals surface area contributed by atoms with E-state index in [-0.39, 0.29) is 0 Å². The van der Waals surface area contributed by atoms with E-state index >= 15 is 0 Å². The van der Waals surface area contributed by atoms with Gasteiger partial charge in [-0.25, -0.2) is 0 Å². The third-order valence-electron chi connectivity index (χ3n) is 8.17. The van der Waals surface area contributed by atoms with Crippen molar-refractivity contribution in [1.29, 1.82) is 0 Å². The van der Waals surface area contributed by atoms with Gasteiger partial charge < -0.3 is 9.13 Å². The zero-order valence-electron chi connectivity index (χ0n) is 26.5. The quantitative estimate of drug-likeness (QED) is 0.191. The Labute approximate surface area is 260 Å². The van der Waals surface area contributed by atoms with Crippen molar-refractivity contribution in [3.8, 4) is 5.69 Å². The first kappa shape index (κ1) is 28.9. The van der Waals surface area contributed by atoms with Crippen molar-refractivity contribution < 1.29 is 0 Å². The van der Waals surface area contributed by atoms with Crippen LogP contribution in [0.4, 0.5) is 0 Å². The molecule has 5 aromatic carbocycles. The number of fused-ring (bicyclic) bond motifs is 6. The second-order valence-corrected chi connectivity index (χ2v) is 11.8. The number of nitrogens with zero attached hydrogens (tertiary/aromatic N) is 3. The van der Waals surface area contributed by atoms with Crippen LogP contribution in [-0.4, -0.2) is 14.1 Å². The minimum absolute atomic E-state index is 1.21. The zero-order chi connectivity index (χ0) is 30.8. The molecular weight excluding hydrogens is 534 g/mol. The monoisotopic (exact) mass is 573 g/mol. The van der Waals surface area contributed by atoms with Crippen LogP contribution in [0.5, 0.6) is 0 Å². The largest absolute Gasteiger partial charge is 0.344 e. The summed E-state index contributed by atoms with van der Waals surface area (Å²) in [6, 6.07) is 41.3. The molecule has 0 spiro atoms. The van der Waals surface area contributed by atoms with Crippen LogP contribution >= 0.6 is 0 Å². The van der Waals surface area contributed by atoms with Crippen molar-refractivity contribution in [3.63, 3.8) is 0 Å². The molecule has 0 N–H and O–H groups in total. The van der Waals surface area contributed by atoms with Crippen molar-refractivity contribution in [2.45, 2.75) is 34.6 Å². The summed E-state index contributed by atoms with van der Waals surface area (Å²) in [4.78, 5) is 3.98. The highest BCUT2D eigenvalue weighted by Crippen LogP contribution is 2.33. The summed E-state index contributed by atoms with van der Waals surface area (Å²) < 4.78 is 4.60. The molecule has 44 heavy (non-hydrogen) atoms. The molecule has 3 heterocycles. The summed E-state index contributed by atoms with van der Waals surface area (Å²) >= 11 is 0. The number of benzene rings is 5. The molecule has 0 aliphatic rings. The first-order valence-corrected chi connectivity index (χ1v) is 15.2. The van der Waals surface area contributed by atoms with Crippen molar-refractivity contribution in [2.24, 2.45) is 7.05 Å². The Morgan fingerprint density at radius 1 is 0.409 bits per heavy atom. The Kier molecular flexibility index (Phi) is 8.04. The van der Waals surface area contributed by atoms with E-state index in [0.717, 1.165) is 0 Å². The Morgan fingerprint density at radius 2 is 0.864 bits per heavy atom. The zero-order valence-corrected chi connectivity index (χ0v) is 26.5. The van der Waals surface area contributed by atoms with Gasteiger partial charge in [0, 0.05) is 57.7 Å². The molecule has 3 aromatic heterocycles. The smallest absolute Gasteiger partial charge is 0.0541 e. The highest BCUT2D eigenvalue weighted by molar-refractivity contribution is 6.10. The van der Waals surface area contributed by atoms with E-state index in [2.05, 4.69) is 157 Å². The molecule has 0 aliphatic heterocycles. The molecule has 0 atom stereocenters. The molecule has 0 aliphatic carbocycles. The number of pyridine rings is 1. The topological polar surface area (TPSA) is 22.8 Å². The number of para-hydroxylation sites is 2. The molecule has 3 heteroatoms. The molecule has 0 bridgehead atoms. The average Bonchev–Trinajstić information content (AvgIpc) is 3.49. The molecule has 0 amide bonds. The van der Waals surface area contributed by atoms with Crippen molar-refractivity contribution >= 4 is 43.6 Å². The van der Waals surface area contributed by atoms with Crippen LogP contribution in [-0.2, 0) is 7.05 Å². The van der Waals surface area contributed by atoms with Crippen LogP contribution in [0.15, 0.2) is 128 Å². The van der Waals surface area contributed by atoms with Gasteiger partial charge in [-0.2, -0.15) is 0 Å². The molecule has 0 saturated heterocycles. The summed E-state index contributed by atoms with van der Waals surface area (Å²) in [6.07, 6.45) is 3.71. The fourth-order valence-corrected chi connectivity index (χ4v) is 6.09. The van der Waals surface area contributed by atoms with E-state index in [1.165, 1.54) is 77.1 Å². The predicted octanol–water partition coefficient (Wildman–Crippen LogP) is 10.7. The van der Waals surface area contributed by atoms with Gasteiger partial charge in [0.25, 0.3) is 0 Å². The number of rotatable bonds is 1. The molecule has 8 aromatic rings. The molecular formula is C41H39N3. The van der Waals surface area contributed by atoms with Gasteiger partial charge in [0.2, 0.25) is 0 Å². The normalized spacial score (nSPS) is 11.0. The second-order valence-electron chi connectivity index (χ2n) is 11.8. The number of hydrogen-bond donors (Lipinski definition) is 0. The van der Waals surface area contributed by atoms with Gasteiger partial charge in [-0.15, -0.1) is 0 Å². The number of aryl methyl sites for hydroxylation is 6. The Hall–Kier alpha value is -5.15. The SMILES string of the molecule is Cc1ccc2c(c1)c1cc(C)ccc1n2-c1ccccc1.Cc1ccc2c(c1)c1ccccc1n2C.Cc1cncc(C)c1. The molecule has 0 unspecified atom stereocenters. The Balaban J connectivity index is 0.000000130. The fraction of sp³-hybridized carbons (Fsp3) is 0.146. The minimum Gasteiger partial charge on any atom is -0.344 e. The highest BCUT2D eigenvalue weighted by Gasteiger charge is 2.12. The van der Waals surface area contributed by atoms with Gasteiger partial charge in [0.05, 0.1) is 11.0 Å². The van der Waals surface area contributed by atoms with Gasteiger partial charge in [-0.05, 0) is 100 Å². The van der Waals surface area contributed by atoms with E-state index in [0.29, 0.717) is 0 Å². The molecule has 3 nitrogen and oxygen atoms in total. The molecule has 0 fully saturated rings. The Morgan fingerprint density at radius 3 is 1.39 bits per heavy atom. The lowest BCUT2D eigenvalue weighted by atomic mass is 10.1. The number of hydrogen-bond acceptors (Lipinski definition) is 1. The van der Waals surface area contributed by atoms with E-state index in [1.807, 2.05) is 26.2 Å². The van der Waals surface area contributed by atoms with Gasteiger partial charge in [-0.3, -0.25) is 4.98 Å². The van der Waals surface area contributed by atoms with Crippen LogP contribution in [0.25, 0.3) is 49.3 Å². The van der Waals surface area contributed by atoms with Gasteiger partial charge in [-0.1, -0.05) is 77.4 Å². The maximum atomic E-state index is 3.98. The van der Waals surface area contributed by atoms with E-state index in [4.69, 9.17) is 0 Å². The second kappa shape index (κ2) is 12.2. The maximum Gasteiger partial charge on any atom is 0.0541 e. The van der Waals surface area contributed by atoms with Crippen LogP contribution in [0.2, 0.25) is 0 Å². The standard InChI is InChI=1S/C20H17N.C14H13N.C7H9N/c1-14-8-10-19-17(12-14)18-13-15(2)9-11-20(18)21(19)16-6-4-3-5-7-16;1-10-7-8-14-12(9-10)11-5-3-4-6-13(11)15(14)2;1-6-3-7(2)5-8-4-6/h3-13H,1-2H3;3-9H,1-2H3;3-5H,1-2H3. The summed E-state index contributed by atoms with van der Waals surface area (Å²) in [5.74, 6) is 0. The third kappa shape index (κ3) is 5.74. The lowest BCUT2D eigenvalue weighted by molar-refractivity contribution is 1.01. The van der Waals surface area contributed by atoms with Crippen molar-refractivity contribution in [1.82, 2.24) is 14.1 Å². The lowest BCUT2D eigenvalue weighted by Crippen LogP contribution is -1.92. The maximum absolute atomic E-state index is 3.98.